The summed E-state index contributed by atoms with van der Waals surface area (Å²) in [6.45, 7) is 15.2. The Morgan fingerprint density at radius 1 is 0.941 bits per heavy atom. The van der Waals surface area contributed by atoms with E-state index in [-0.39, 0.29) is 5.41 Å². The van der Waals surface area contributed by atoms with Crippen molar-refractivity contribution >= 4 is 0 Å². The van der Waals surface area contributed by atoms with Crippen molar-refractivity contribution in [2.75, 3.05) is 6.54 Å². The molecule has 17 heavy (non-hydrogen) atoms. The first kappa shape index (κ1) is 14.3. The van der Waals surface area contributed by atoms with Crippen LogP contribution >= 0.6 is 0 Å². The van der Waals surface area contributed by atoms with Crippen LogP contribution in [0.25, 0.3) is 0 Å². The maximum absolute atomic E-state index is 5.81. The number of hydrogen-bond donors (Lipinski definition) is 1. The van der Waals surface area contributed by atoms with Gasteiger partial charge in [0.05, 0.1) is 6.54 Å². The molecule has 0 amide bonds. The van der Waals surface area contributed by atoms with Gasteiger partial charge in [-0.25, -0.2) is 0 Å². The molecule has 98 valence electrons. The minimum absolute atomic E-state index is 0.286. The van der Waals surface area contributed by atoms with Gasteiger partial charge in [0.15, 0.2) is 0 Å². The molecular weight excluding hydrogens is 210 g/mol. The Hall–Kier alpha value is -0.760. The summed E-state index contributed by atoms with van der Waals surface area (Å²) in [5.41, 5.74) is 0.606. The monoisotopic (exact) mass is 237 g/mol. The predicted octanol–water partition coefficient (Wildman–Crippen LogP) is 4.00. The van der Waals surface area contributed by atoms with Crippen LogP contribution in [0.15, 0.2) is 16.5 Å². The van der Waals surface area contributed by atoms with Crippen molar-refractivity contribution in [2.24, 2.45) is 10.8 Å². The molecule has 1 N–H and O–H groups in total. The number of furan rings is 1. The van der Waals surface area contributed by atoms with Crippen molar-refractivity contribution in [2.45, 2.75) is 54.5 Å². The molecule has 0 saturated heterocycles. The highest BCUT2D eigenvalue weighted by atomic mass is 16.3. The molecule has 0 saturated carbocycles. The maximum Gasteiger partial charge on any atom is 0.117 e. The molecule has 0 aliphatic heterocycles. The van der Waals surface area contributed by atoms with E-state index in [0.717, 1.165) is 31.0 Å². The molecule has 2 heteroatoms. The van der Waals surface area contributed by atoms with Gasteiger partial charge in [-0.05, 0) is 23.0 Å². The molecule has 0 unspecified atom stereocenters. The van der Waals surface area contributed by atoms with E-state index >= 15 is 0 Å². The fourth-order valence-electron chi connectivity index (χ4n) is 1.70. The first-order valence-corrected chi connectivity index (χ1v) is 6.44. The van der Waals surface area contributed by atoms with Gasteiger partial charge in [0.1, 0.15) is 11.5 Å². The normalized spacial score (nSPS) is 13.1. The molecule has 1 heterocycles. The van der Waals surface area contributed by atoms with Crippen LogP contribution in [0.1, 0.15) is 53.1 Å². The Kier molecular flexibility index (Phi) is 4.42. The Morgan fingerprint density at radius 2 is 1.53 bits per heavy atom. The molecule has 2 nitrogen and oxygen atoms in total. The molecule has 0 fully saturated rings. The van der Waals surface area contributed by atoms with Gasteiger partial charge < -0.3 is 9.73 Å². The van der Waals surface area contributed by atoms with Crippen LogP contribution in [0, 0.1) is 10.8 Å². The van der Waals surface area contributed by atoms with Crippen LogP contribution in [-0.4, -0.2) is 6.54 Å². The first-order valence-electron chi connectivity index (χ1n) is 6.44. The molecule has 0 atom stereocenters. The van der Waals surface area contributed by atoms with Crippen LogP contribution < -0.4 is 5.32 Å². The average molecular weight is 237 g/mol. The van der Waals surface area contributed by atoms with Crippen molar-refractivity contribution in [3.63, 3.8) is 0 Å². The summed E-state index contributed by atoms with van der Waals surface area (Å²) in [4.78, 5) is 0. The van der Waals surface area contributed by atoms with Crippen LogP contribution in [0.4, 0.5) is 0 Å². The second-order valence-electron chi connectivity index (χ2n) is 7.27. The predicted molar refractivity (Wildman–Crippen MR) is 73.0 cm³/mol. The summed E-state index contributed by atoms with van der Waals surface area (Å²) in [6.07, 6.45) is 0.992. The van der Waals surface area contributed by atoms with E-state index < -0.39 is 0 Å². The van der Waals surface area contributed by atoms with Crippen LogP contribution in [0.2, 0.25) is 0 Å². The van der Waals surface area contributed by atoms with Crippen molar-refractivity contribution in [1.82, 2.24) is 5.32 Å². The minimum Gasteiger partial charge on any atom is -0.465 e. The third kappa shape index (κ3) is 6.52. The Bertz CT molecular complexity index is 339. The molecule has 0 aliphatic carbocycles. The second kappa shape index (κ2) is 5.26. The summed E-state index contributed by atoms with van der Waals surface area (Å²) in [5.74, 6) is 2.12. The largest absolute Gasteiger partial charge is 0.465 e. The van der Waals surface area contributed by atoms with Gasteiger partial charge in [-0.3, -0.25) is 0 Å². The summed E-state index contributed by atoms with van der Waals surface area (Å²) in [7, 11) is 0. The molecule has 1 aromatic rings. The number of hydrogen-bond acceptors (Lipinski definition) is 2. The lowest BCUT2D eigenvalue weighted by atomic mass is 9.91. The lowest BCUT2D eigenvalue weighted by molar-refractivity contribution is 0.339. The molecular formula is C15H27NO. The highest BCUT2D eigenvalue weighted by molar-refractivity contribution is 5.08. The molecule has 0 aromatic carbocycles. The zero-order valence-electron chi connectivity index (χ0n) is 12.2. The molecule has 0 bridgehead atoms. The van der Waals surface area contributed by atoms with Gasteiger partial charge in [0, 0.05) is 13.0 Å². The van der Waals surface area contributed by atoms with Crippen molar-refractivity contribution in [3.8, 4) is 0 Å². The third-order valence-corrected chi connectivity index (χ3v) is 2.38. The topological polar surface area (TPSA) is 25.2 Å². The first-order chi connectivity index (χ1) is 7.66. The molecule has 0 spiro atoms. The smallest absolute Gasteiger partial charge is 0.117 e. The Balaban J connectivity index is 2.41. The van der Waals surface area contributed by atoms with E-state index in [1.165, 1.54) is 0 Å². The molecule has 0 aliphatic rings. The molecule has 1 aromatic heterocycles. The Morgan fingerprint density at radius 3 is 2.06 bits per heavy atom. The lowest BCUT2D eigenvalue weighted by Gasteiger charge is -2.18. The number of nitrogens with one attached hydrogen (secondary N) is 1. The lowest BCUT2D eigenvalue weighted by Crippen LogP contribution is -2.26. The van der Waals surface area contributed by atoms with Crippen LogP contribution in [-0.2, 0) is 13.0 Å². The summed E-state index contributed by atoms with van der Waals surface area (Å²) < 4.78 is 5.81. The number of rotatable bonds is 4. The highest BCUT2D eigenvalue weighted by Crippen LogP contribution is 2.22. The van der Waals surface area contributed by atoms with Gasteiger partial charge in [0.2, 0.25) is 0 Å². The van der Waals surface area contributed by atoms with Gasteiger partial charge >= 0.3 is 0 Å². The van der Waals surface area contributed by atoms with Gasteiger partial charge in [-0.2, -0.15) is 0 Å². The van der Waals surface area contributed by atoms with E-state index in [1.54, 1.807) is 0 Å². The zero-order chi connectivity index (χ0) is 13.1. The van der Waals surface area contributed by atoms with Crippen molar-refractivity contribution in [1.29, 1.82) is 0 Å². The average Bonchev–Trinajstić information content (AvgIpc) is 2.46. The summed E-state index contributed by atoms with van der Waals surface area (Å²) >= 11 is 0. The van der Waals surface area contributed by atoms with Gasteiger partial charge in [-0.1, -0.05) is 41.5 Å². The van der Waals surface area contributed by atoms with E-state index in [9.17, 15) is 0 Å². The van der Waals surface area contributed by atoms with E-state index in [1.807, 2.05) is 0 Å². The summed E-state index contributed by atoms with van der Waals surface area (Å²) in [6, 6.07) is 4.18. The van der Waals surface area contributed by atoms with Crippen molar-refractivity contribution in [3.05, 3.63) is 23.7 Å². The van der Waals surface area contributed by atoms with E-state index in [0.29, 0.717) is 5.41 Å². The standard InChI is InChI=1S/C15H27NO/c1-14(2,3)9-12-7-8-13(17-12)10-16-11-15(4,5)6/h7-8,16H,9-11H2,1-6H3. The highest BCUT2D eigenvalue weighted by Gasteiger charge is 2.14. The molecule has 1 rings (SSSR count). The fraction of sp³-hybridized carbons (Fsp3) is 0.733. The molecule has 0 radical (unpaired) electrons. The fourth-order valence-corrected chi connectivity index (χ4v) is 1.70. The summed E-state index contributed by atoms with van der Waals surface area (Å²) in [5, 5.41) is 3.42. The van der Waals surface area contributed by atoms with Gasteiger partial charge in [-0.15, -0.1) is 0 Å². The van der Waals surface area contributed by atoms with Crippen LogP contribution in [0.3, 0.4) is 0 Å². The third-order valence-electron chi connectivity index (χ3n) is 2.38. The zero-order valence-corrected chi connectivity index (χ0v) is 12.2. The quantitative estimate of drug-likeness (QED) is 0.856. The van der Waals surface area contributed by atoms with Crippen LogP contribution in [0.5, 0.6) is 0 Å². The van der Waals surface area contributed by atoms with E-state index in [4.69, 9.17) is 4.42 Å². The van der Waals surface area contributed by atoms with Gasteiger partial charge in [0.25, 0.3) is 0 Å². The second-order valence-corrected chi connectivity index (χ2v) is 7.27. The van der Waals surface area contributed by atoms with E-state index in [2.05, 4.69) is 59.0 Å². The maximum atomic E-state index is 5.81. The Labute approximate surface area is 106 Å². The SMILES string of the molecule is CC(C)(C)CNCc1ccc(CC(C)(C)C)o1. The van der Waals surface area contributed by atoms with Crippen molar-refractivity contribution < 1.29 is 4.42 Å². The minimum atomic E-state index is 0.286.